The Balaban J connectivity index is 0.972. The minimum atomic E-state index is -0.977. The van der Waals surface area contributed by atoms with Crippen molar-refractivity contribution < 1.29 is 38.4 Å². The van der Waals surface area contributed by atoms with Gasteiger partial charge in [0.25, 0.3) is 11.8 Å². The maximum atomic E-state index is 14.9. The fourth-order valence-corrected chi connectivity index (χ4v) is 11.6. The molecule has 1 unspecified atom stereocenters. The highest BCUT2D eigenvalue weighted by Gasteiger charge is 2.47. The number of likely N-dealkylation sites (tertiary alicyclic amines) is 1. The average molecular weight is 1110 g/mol. The van der Waals surface area contributed by atoms with Crippen molar-refractivity contribution in [1.82, 2.24) is 47.0 Å². The molecule has 18 nitrogen and oxygen atoms in total. The topological polar surface area (TPSA) is 239 Å². The number of hydrogen-bond acceptors (Lipinski definition) is 10. The van der Waals surface area contributed by atoms with E-state index in [4.69, 9.17) is 0 Å². The van der Waals surface area contributed by atoms with E-state index in [0.717, 1.165) is 55.2 Å². The zero-order valence-corrected chi connectivity index (χ0v) is 48.6. The molecule has 2 aliphatic heterocycles. The number of aryl methyl sites for hydroxylation is 2. The summed E-state index contributed by atoms with van der Waals surface area (Å²) in [4.78, 5) is 116. The van der Waals surface area contributed by atoms with Crippen LogP contribution in [0.3, 0.4) is 0 Å². The highest BCUT2D eigenvalue weighted by Crippen LogP contribution is 2.35. The summed E-state index contributed by atoms with van der Waals surface area (Å²) in [6.45, 7) is 14.6. The fraction of sp³-hybridized carbons (Fsp3) is 0.492. The minimum absolute atomic E-state index is 0.0134. The molecule has 81 heavy (non-hydrogen) atoms. The number of carbonyl (C=O) groups excluding carboxylic acids is 8. The van der Waals surface area contributed by atoms with Crippen molar-refractivity contribution in [3.05, 3.63) is 136 Å². The first kappa shape index (κ1) is 59.7. The Bertz CT molecular complexity index is 3020. The van der Waals surface area contributed by atoms with Crippen LogP contribution in [0.25, 0.3) is 0 Å². The zero-order chi connectivity index (χ0) is 58.5. The number of amides is 8. The lowest BCUT2D eigenvalue weighted by Crippen LogP contribution is -2.62. The van der Waals surface area contributed by atoms with Crippen molar-refractivity contribution in [2.45, 2.75) is 168 Å². The maximum Gasteiger partial charge on any atom is 0.255 e. The van der Waals surface area contributed by atoms with E-state index in [-0.39, 0.29) is 67.2 Å². The first-order chi connectivity index (χ1) is 38.4. The van der Waals surface area contributed by atoms with Crippen LogP contribution in [0, 0.1) is 10.8 Å². The third kappa shape index (κ3) is 13.8. The van der Waals surface area contributed by atoms with E-state index >= 15 is 0 Å². The Morgan fingerprint density at radius 1 is 0.543 bits per heavy atom. The third-order valence-corrected chi connectivity index (χ3v) is 16.6. The molecule has 2 heterocycles. The van der Waals surface area contributed by atoms with Gasteiger partial charge in [0, 0.05) is 42.4 Å². The highest BCUT2D eigenvalue weighted by atomic mass is 16.2. The molecule has 0 spiro atoms. The summed E-state index contributed by atoms with van der Waals surface area (Å²) in [5, 5.41) is 24.2. The van der Waals surface area contributed by atoms with Crippen LogP contribution in [-0.2, 0) is 54.6 Å². The number of carbonyl (C=O) groups is 8. The first-order valence-electron chi connectivity index (χ1n) is 28.6. The van der Waals surface area contributed by atoms with Gasteiger partial charge in [-0.2, -0.15) is 0 Å². The van der Waals surface area contributed by atoms with E-state index in [1.807, 2.05) is 84.0 Å². The molecule has 8 rings (SSSR count). The normalized spacial score (nSPS) is 21.1. The van der Waals surface area contributed by atoms with Gasteiger partial charge in [0.1, 0.15) is 24.2 Å². The minimum Gasteiger partial charge on any atom is -0.347 e. The van der Waals surface area contributed by atoms with Gasteiger partial charge in [-0.15, -0.1) is 0 Å². The summed E-state index contributed by atoms with van der Waals surface area (Å²) in [5.41, 5.74) is 5.52. The van der Waals surface area contributed by atoms with Gasteiger partial charge in [0.2, 0.25) is 35.4 Å². The van der Waals surface area contributed by atoms with Crippen LogP contribution in [0.1, 0.15) is 154 Å². The predicted octanol–water partition coefficient (Wildman–Crippen LogP) is 5.56. The van der Waals surface area contributed by atoms with E-state index in [9.17, 15) is 38.4 Å². The molecule has 4 aromatic carbocycles. The number of nitrogens with one attached hydrogen (secondary N) is 8. The van der Waals surface area contributed by atoms with Crippen LogP contribution in [-0.4, -0.2) is 120 Å². The summed E-state index contributed by atoms with van der Waals surface area (Å²) in [6, 6.07) is 21.7. The number of hydrogen-bond donors (Lipinski definition) is 8. The van der Waals surface area contributed by atoms with Crippen LogP contribution in [0.15, 0.2) is 91.0 Å². The molecule has 9 atom stereocenters. The largest absolute Gasteiger partial charge is 0.347 e. The quantitative estimate of drug-likeness (QED) is 0.0696. The zero-order valence-electron chi connectivity index (χ0n) is 48.6. The number of fused-ring (bicyclic) bond motifs is 3. The number of anilines is 1. The van der Waals surface area contributed by atoms with Gasteiger partial charge in [-0.3, -0.25) is 38.4 Å². The summed E-state index contributed by atoms with van der Waals surface area (Å²) in [7, 11) is 3.33. The number of nitrogens with zero attached hydrogens (tertiary/aromatic N) is 2. The van der Waals surface area contributed by atoms with Crippen LogP contribution < -0.4 is 42.5 Å². The van der Waals surface area contributed by atoms with Gasteiger partial charge in [-0.25, -0.2) is 0 Å². The van der Waals surface area contributed by atoms with Gasteiger partial charge in [0.05, 0.1) is 24.2 Å². The average Bonchev–Trinajstić information content (AvgIpc) is 3.95. The van der Waals surface area contributed by atoms with Gasteiger partial charge in [-0.05, 0) is 153 Å². The van der Waals surface area contributed by atoms with Crippen LogP contribution in [0.2, 0.25) is 0 Å². The van der Waals surface area contributed by atoms with E-state index < -0.39 is 76.8 Å². The summed E-state index contributed by atoms with van der Waals surface area (Å²) >= 11 is 0. The van der Waals surface area contributed by atoms with Gasteiger partial charge in [0.15, 0.2) is 0 Å². The van der Waals surface area contributed by atoms with Crippen molar-refractivity contribution >= 4 is 52.9 Å². The molecule has 2 aliphatic carbocycles. The second-order valence-corrected chi connectivity index (χ2v) is 24.6. The molecule has 432 valence electrons. The SMILES string of the molecule is CN[C@@H](C)C(=O)NC(C(=O)N1Cc2cc(C(=O)Nc3ccc(C(=O)N[C@H]4C[C@@H](C(=O)N[C@@H]5CCCc6ccccc65)N(C(=O)[C@@H](NC(=O)[C@H](C)NC)C(C)(C)C)C4)cc3)ccc2C[C@H]1C(=O)N[C@@H]1CCCc2ccccc21)C(C)(C)C. The molecule has 18 heteroatoms. The smallest absolute Gasteiger partial charge is 0.255 e. The number of likely N-dealkylation sites (N-methyl/N-ethyl adjacent to an activating group) is 2. The van der Waals surface area contributed by atoms with Crippen molar-refractivity contribution in [3.8, 4) is 0 Å². The second-order valence-electron chi connectivity index (χ2n) is 24.6. The molecular formula is C63H82N10O8. The molecule has 1 saturated heterocycles. The molecule has 1 fully saturated rings. The lowest BCUT2D eigenvalue weighted by atomic mass is 9.83. The van der Waals surface area contributed by atoms with Crippen molar-refractivity contribution in [3.63, 3.8) is 0 Å². The molecule has 8 N–H and O–H groups in total. The van der Waals surface area contributed by atoms with Crippen molar-refractivity contribution in [1.29, 1.82) is 0 Å². The standard InChI is InChI=1S/C63H82N10O8/c1-36(64-9)54(74)70-52(62(3,4)5)60(80)72-34-43-31-42(26-25-41(43)32-50(72)58(78)68-48-23-15-19-38-17-11-13-21-46(38)48)57(77)66-44-29-27-40(28-30-44)56(76)67-45-33-51(59(79)69-49-24-16-20-39-18-12-14-22-47(39)49)73(35-45)61(81)53(63(6,7)8)71-55(75)37(2)65-10/h11-14,17-18,21-22,25-31,36-37,45,48-53,64-65H,15-16,19-20,23-24,32-35H2,1-10H3,(H,66,77)(H,67,76)(H,68,78)(H,69,79)(H,70,74)(H,71,75)/t36-,37-,45-,48+,49+,50-,51-,52?,53+/m0/s1. The summed E-state index contributed by atoms with van der Waals surface area (Å²) in [5.74, 6) is -3.05. The van der Waals surface area contributed by atoms with Gasteiger partial charge in [-0.1, -0.05) is 96.1 Å². The summed E-state index contributed by atoms with van der Waals surface area (Å²) < 4.78 is 0. The van der Waals surface area contributed by atoms with Crippen molar-refractivity contribution in [2.75, 3.05) is 26.0 Å². The number of benzene rings is 4. The Morgan fingerprint density at radius 3 is 1.56 bits per heavy atom. The molecule has 0 radical (unpaired) electrons. The third-order valence-electron chi connectivity index (χ3n) is 16.6. The van der Waals surface area contributed by atoms with Crippen LogP contribution in [0.5, 0.6) is 0 Å². The monoisotopic (exact) mass is 1110 g/mol. The van der Waals surface area contributed by atoms with Gasteiger partial charge >= 0.3 is 0 Å². The molecule has 0 aromatic heterocycles. The Hall–Kier alpha value is -7.44. The molecule has 8 amide bonds. The molecule has 4 aliphatic rings. The number of rotatable bonds is 16. The second kappa shape index (κ2) is 25.1. The molecular weight excluding hydrogens is 1020 g/mol. The lowest BCUT2D eigenvalue weighted by Gasteiger charge is -2.42. The van der Waals surface area contributed by atoms with E-state index in [0.29, 0.717) is 16.8 Å². The molecule has 0 saturated carbocycles. The Morgan fingerprint density at radius 2 is 1.04 bits per heavy atom. The van der Waals surface area contributed by atoms with Gasteiger partial charge < -0.3 is 52.3 Å². The maximum absolute atomic E-state index is 14.9. The molecule has 4 aromatic rings. The Labute approximate surface area is 476 Å². The summed E-state index contributed by atoms with van der Waals surface area (Å²) in [6.07, 6.45) is 5.48. The first-order valence-corrected chi connectivity index (χ1v) is 28.6. The highest BCUT2D eigenvalue weighted by molar-refractivity contribution is 6.05. The Kier molecular flexibility index (Phi) is 18.5. The lowest BCUT2D eigenvalue weighted by molar-refractivity contribution is -0.147. The van der Waals surface area contributed by atoms with Crippen molar-refractivity contribution in [2.24, 2.45) is 10.8 Å². The van der Waals surface area contributed by atoms with E-state index in [2.05, 4.69) is 54.7 Å². The predicted molar refractivity (Wildman–Crippen MR) is 311 cm³/mol. The van der Waals surface area contributed by atoms with Crippen LogP contribution >= 0.6 is 0 Å². The van der Waals surface area contributed by atoms with Crippen LogP contribution in [0.4, 0.5) is 5.69 Å². The fourth-order valence-electron chi connectivity index (χ4n) is 11.6. The molecule has 0 bridgehead atoms. The van der Waals surface area contributed by atoms with E-state index in [1.54, 1.807) is 69.2 Å². The van der Waals surface area contributed by atoms with E-state index in [1.165, 1.54) is 16.0 Å².